The molecule has 0 bridgehead atoms. The summed E-state index contributed by atoms with van der Waals surface area (Å²) in [7, 11) is -3.94. The molecule has 11 heteroatoms. The van der Waals surface area contributed by atoms with Crippen LogP contribution in [0.3, 0.4) is 0 Å². The molecule has 0 spiro atoms. The molecular weight excluding hydrogens is 521 g/mol. The van der Waals surface area contributed by atoms with Gasteiger partial charge in [-0.2, -0.15) is 0 Å². The highest BCUT2D eigenvalue weighted by Crippen LogP contribution is 2.35. The zero-order valence-corrected chi connectivity index (χ0v) is 22.5. The van der Waals surface area contributed by atoms with Crippen LogP contribution in [0.2, 0.25) is 15.1 Å². The van der Waals surface area contributed by atoms with Crippen molar-refractivity contribution in [3.8, 4) is 0 Å². The minimum Gasteiger partial charge on any atom is -0.354 e. The van der Waals surface area contributed by atoms with Crippen molar-refractivity contribution in [3.63, 3.8) is 0 Å². The van der Waals surface area contributed by atoms with Crippen molar-refractivity contribution in [2.75, 3.05) is 23.7 Å². The average Bonchev–Trinajstić information content (AvgIpc) is 2.76. The highest BCUT2D eigenvalue weighted by atomic mass is 35.5. The highest BCUT2D eigenvalue weighted by Gasteiger charge is 2.31. The molecule has 186 valence electrons. The predicted molar refractivity (Wildman–Crippen MR) is 138 cm³/mol. The molecule has 0 saturated carbocycles. The molecule has 0 saturated heterocycles. The summed E-state index contributed by atoms with van der Waals surface area (Å²) >= 11 is 18.3. The molecule has 7 nitrogen and oxygen atoms in total. The maximum absolute atomic E-state index is 13.5. The summed E-state index contributed by atoms with van der Waals surface area (Å²) in [5, 5.41) is 3.08. The third-order valence-electron chi connectivity index (χ3n) is 4.99. The van der Waals surface area contributed by atoms with E-state index < -0.39 is 28.5 Å². The molecule has 1 N–H and O–H groups in total. The van der Waals surface area contributed by atoms with Crippen LogP contribution < -0.4 is 9.62 Å². The molecular formula is C23H28Cl3N3O4S. The van der Waals surface area contributed by atoms with Crippen LogP contribution >= 0.6 is 34.8 Å². The lowest BCUT2D eigenvalue weighted by molar-refractivity contribution is -0.139. The summed E-state index contributed by atoms with van der Waals surface area (Å²) in [6.45, 7) is 5.51. The van der Waals surface area contributed by atoms with Crippen molar-refractivity contribution in [2.24, 2.45) is 5.92 Å². The predicted octanol–water partition coefficient (Wildman–Crippen LogP) is 4.60. The molecule has 2 aromatic carbocycles. The maximum Gasteiger partial charge on any atom is 0.244 e. The van der Waals surface area contributed by atoms with Gasteiger partial charge in [0.25, 0.3) is 0 Å². The van der Waals surface area contributed by atoms with E-state index in [0.717, 1.165) is 16.1 Å². The monoisotopic (exact) mass is 547 g/mol. The van der Waals surface area contributed by atoms with Gasteiger partial charge in [-0.1, -0.05) is 79.0 Å². The lowest BCUT2D eigenvalue weighted by Gasteiger charge is -2.32. The fourth-order valence-electron chi connectivity index (χ4n) is 3.11. The fraction of sp³-hybridized carbons (Fsp3) is 0.391. The molecule has 0 aromatic heterocycles. The van der Waals surface area contributed by atoms with E-state index in [1.54, 1.807) is 6.92 Å². The van der Waals surface area contributed by atoms with Crippen LogP contribution in [-0.4, -0.2) is 50.5 Å². The Hall–Kier alpha value is -2.00. The van der Waals surface area contributed by atoms with Crippen LogP contribution in [0.5, 0.6) is 0 Å². The standard InChI is InChI=1S/C23H28Cl3N3O4S/c1-15(2)12-27-23(31)16(3)28(13-17-8-6-5-7-9-17)22(30)14-29(34(4,32)33)21-11-19(25)18(24)10-20(21)26/h5-11,15-16H,12-14H2,1-4H3,(H,27,31)/t16-/m0/s1. The number of hydrogen-bond acceptors (Lipinski definition) is 4. The van der Waals surface area contributed by atoms with Gasteiger partial charge in [-0.25, -0.2) is 8.42 Å². The number of anilines is 1. The first kappa shape index (κ1) is 28.2. The summed E-state index contributed by atoms with van der Waals surface area (Å²) in [5.41, 5.74) is 0.807. The first-order valence-electron chi connectivity index (χ1n) is 10.5. The van der Waals surface area contributed by atoms with E-state index in [1.807, 2.05) is 44.2 Å². The van der Waals surface area contributed by atoms with Crippen LogP contribution in [-0.2, 0) is 26.2 Å². The number of hydrogen-bond donors (Lipinski definition) is 1. The summed E-state index contributed by atoms with van der Waals surface area (Å²) in [5.74, 6) is -0.688. The second-order valence-electron chi connectivity index (χ2n) is 8.31. The largest absolute Gasteiger partial charge is 0.354 e. The van der Waals surface area contributed by atoms with E-state index >= 15 is 0 Å². The first-order valence-corrected chi connectivity index (χ1v) is 13.5. The van der Waals surface area contributed by atoms with Gasteiger partial charge in [-0.05, 0) is 30.5 Å². The van der Waals surface area contributed by atoms with E-state index in [-0.39, 0.29) is 39.1 Å². The van der Waals surface area contributed by atoms with Gasteiger partial charge in [0.1, 0.15) is 12.6 Å². The number of carbonyl (C=O) groups excluding carboxylic acids is 2. The molecule has 34 heavy (non-hydrogen) atoms. The zero-order valence-electron chi connectivity index (χ0n) is 19.4. The first-order chi connectivity index (χ1) is 15.8. The molecule has 2 amide bonds. The Labute approximate surface area is 216 Å². The highest BCUT2D eigenvalue weighted by molar-refractivity contribution is 7.92. The van der Waals surface area contributed by atoms with Crippen molar-refractivity contribution < 1.29 is 18.0 Å². The number of sulfonamides is 1. The van der Waals surface area contributed by atoms with Gasteiger partial charge in [0, 0.05) is 13.1 Å². The van der Waals surface area contributed by atoms with E-state index in [0.29, 0.717) is 6.54 Å². The topological polar surface area (TPSA) is 86.8 Å². The van der Waals surface area contributed by atoms with Crippen molar-refractivity contribution in [1.29, 1.82) is 0 Å². The average molecular weight is 549 g/mol. The quantitative estimate of drug-likeness (QED) is 0.440. The molecule has 0 fully saturated rings. The van der Waals surface area contributed by atoms with Crippen molar-refractivity contribution in [3.05, 3.63) is 63.1 Å². The third kappa shape index (κ3) is 7.77. The third-order valence-corrected chi connectivity index (χ3v) is 7.14. The Bertz CT molecular complexity index is 1130. The number of halogens is 3. The molecule has 0 radical (unpaired) electrons. The summed E-state index contributed by atoms with van der Waals surface area (Å²) in [6, 6.07) is 10.9. The molecule has 0 aliphatic heterocycles. The Morgan fingerprint density at radius 1 is 0.971 bits per heavy atom. The number of rotatable bonds is 10. The molecule has 0 unspecified atom stereocenters. The Morgan fingerprint density at radius 3 is 2.12 bits per heavy atom. The smallest absolute Gasteiger partial charge is 0.244 e. The van der Waals surface area contributed by atoms with Crippen molar-refractivity contribution in [1.82, 2.24) is 10.2 Å². The number of nitrogens with one attached hydrogen (secondary N) is 1. The van der Waals surface area contributed by atoms with Gasteiger partial charge < -0.3 is 10.2 Å². The van der Waals surface area contributed by atoms with Crippen LogP contribution in [0.1, 0.15) is 26.3 Å². The number of carbonyl (C=O) groups is 2. The van der Waals surface area contributed by atoms with Crippen LogP contribution in [0.4, 0.5) is 5.69 Å². The molecule has 0 aliphatic carbocycles. The van der Waals surface area contributed by atoms with Crippen LogP contribution in [0.15, 0.2) is 42.5 Å². The van der Waals surface area contributed by atoms with Gasteiger partial charge in [0.15, 0.2) is 0 Å². The van der Waals surface area contributed by atoms with E-state index in [1.165, 1.54) is 17.0 Å². The number of amides is 2. The Balaban J connectivity index is 2.41. The van der Waals surface area contributed by atoms with E-state index in [9.17, 15) is 18.0 Å². The van der Waals surface area contributed by atoms with Gasteiger partial charge in [-0.15, -0.1) is 0 Å². The maximum atomic E-state index is 13.5. The van der Waals surface area contributed by atoms with Crippen molar-refractivity contribution in [2.45, 2.75) is 33.4 Å². The summed E-state index contributed by atoms with van der Waals surface area (Å²) < 4.78 is 26.1. The Kier molecular flexibility index (Phi) is 10.1. The summed E-state index contributed by atoms with van der Waals surface area (Å²) in [4.78, 5) is 27.6. The van der Waals surface area contributed by atoms with Crippen LogP contribution in [0, 0.1) is 5.92 Å². The van der Waals surface area contributed by atoms with Crippen LogP contribution in [0.25, 0.3) is 0 Å². The zero-order chi connectivity index (χ0) is 25.6. The molecule has 1 atom stereocenters. The van der Waals surface area contributed by atoms with E-state index in [2.05, 4.69) is 5.32 Å². The van der Waals surface area contributed by atoms with Gasteiger partial charge in [-0.3, -0.25) is 13.9 Å². The second-order valence-corrected chi connectivity index (χ2v) is 11.4. The fourth-order valence-corrected chi connectivity index (χ4v) is 4.66. The van der Waals surface area contributed by atoms with Gasteiger partial charge >= 0.3 is 0 Å². The van der Waals surface area contributed by atoms with Crippen molar-refractivity contribution >= 4 is 62.3 Å². The summed E-state index contributed by atoms with van der Waals surface area (Å²) in [6.07, 6.45) is 0.958. The number of nitrogens with zero attached hydrogens (tertiary/aromatic N) is 2. The molecule has 2 aromatic rings. The lowest BCUT2D eigenvalue weighted by Crippen LogP contribution is -2.51. The normalized spacial score (nSPS) is 12.4. The Morgan fingerprint density at radius 2 is 1.56 bits per heavy atom. The molecule has 2 rings (SSSR count). The van der Waals surface area contributed by atoms with E-state index in [4.69, 9.17) is 34.8 Å². The minimum atomic E-state index is -3.94. The molecule has 0 aliphatic rings. The number of benzene rings is 2. The van der Waals surface area contributed by atoms with Gasteiger partial charge in [0.05, 0.1) is 27.0 Å². The molecule has 0 heterocycles. The lowest BCUT2D eigenvalue weighted by atomic mass is 10.1. The van der Waals surface area contributed by atoms with Gasteiger partial charge in [0.2, 0.25) is 21.8 Å². The second kappa shape index (κ2) is 12.1. The SMILES string of the molecule is CC(C)CNC(=O)[C@H](C)N(Cc1ccccc1)C(=O)CN(c1cc(Cl)c(Cl)cc1Cl)S(C)(=O)=O. The minimum absolute atomic E-state index is 0.0171.